The third-order valence-electron chi connectivity index (χ3n) is 4.43. The highest BCUT2D eigenvalue weighted by Gasteiger charge is 2.22. The van der Waals surface area contributed by atoms with Crippen molar-refractivity contribution in [3.63, 3.8) is 0 Å². The van der Waals surface area contributed by atoms with Gasteiger partial charge in [0, 0.05) is 50.2 Å². The molecule has 1 aliphatic heterocycles. The molecule has 3 rings (SSSR count). The Morgan fingerprint density at radius 1 is 1.07 bits per heavy atom. The van der Waals surface area contributed by atoms with Gasteiger partial charge < -0.3 is 19.9 Å². The second-order valence-corrected chi connectivity index (χ2v) is 6.40. The van der Waals surface area contributed by atoms with Crippen LogP contribution in [-0.2, 0) is 14.3 Å². The molecule has 0 spiro atoms. The van der Waals surface area contributed by atoms with Gasteiger partial charge in [-0.05, 0) is 24.3 Å². The van der Waals surface area contributed by atoms with E-state index < -0.39 is 10.8 Å². The molecule has 152 valence electrons. The van der Waals surface area contributed by atoms with E-state index in [0.29, 0.717) is 31.9 Å². The average Bonchev–Trinajstić information content (AvgIpc) is 2.75. The lowest BCUT2D eigenvalue weighted by molar-refractivity contribution is -0.384. The maximum absolute atomic E-state index is 12.3. The second-order valence-electron chi connectivity index (χ2n) is 6.40. The molecule has 0 atom stereocenters. The Bertz CT molecular complexity index is 851. The number of ether oxygens (including phenoxy) is 1. The van der Waals surface area contributed by atoms with E-state index in [1.54, 1.807) is 11.1 Å². The van der Waals surface area contributed by atoms with Crippen LogP contribution in [0.25, 0.3) is 0 Å². The summed E-state index contributed by atoms with van der Waals surface area (Å²) in [5, 5.41) is 13.2. The molecule has 0 unspecified atom stereocenters. The van der Waals surface area contributed by atoms with Gasteiger partial charge in [-0.3, -0.25) is 19.7 Å². The fourth-order valence-electron chi connectivity index (χ4n) is 2.91. The van der Waals surface area contributed by atoms with E-state index in [4.69, 9.17) is 4.74 Å². The molecule has 0 bridgehead atoms. The number of pyridine rings is 1. The molecule has 10 heteroatoms. The summed E-state index contributed by atoms with van der Waals surface area (Å²) in [6, 6.07) is 11.2. The van der Waals surface area contributed by atoms with Crippen LogP contribution in [0.3, 0.4) is 0 Å². The molecular formula is C19H21N5O5. The predicted molar refractivity (Wildman–Crippen MR) is 106 cm³/mol. The number of anilines is 2. The summed E-state index contributed by atoms with van der Waals surface area (Å²) in [5.74, 6) is 0.277. The molecule has 2 heterocycles. The van der Waals surface area contributed by atoms with Crippen LogP contribution in [-0.4, -0.2) is 66.0 Å². The number of hydrogen-bond acceptors (Lipinski definition) is 7. The van der Waals surface area contributed by atoms with Crippen LogP contribution in [0.1, 0.15) is 0 Å². The number of nitrogens with zero attached hydrogens (tertiary/aromatic N) is 4. The minimum Gasteiger partial charge on any atom is -0.362 e. The van der Waals surface area contributed by atoms with Crippen LogP contribution >= 0.6 is 0 Å². The summed E-state index contributed by atoms with van der Waals surface area (Å²) in [4.78, 5) is 42.4. The number of nitro benzene ring substituents is 1. The zero-order chi connectivity index (χ0) is 20.6. The van der Waals surface area contributed by atoms with E-state index in [1.807, 2.05) is 18.2 Å². The Hall–Kier alpha value is -3.53. The number of aromatic nitrogens is 1. The van der Waals surface area contributed by atoms with E-state index in [9.17, 15) is 19.7 Å². The predicted octanol–water partition coefficient (Wildman–Crippen LogP) is 1.29. The van der Waals surface area contributed by atoms with Gasteiger partial charge in [-0.2, -0.15) is 0 Å². The lowest BCUT2D eigenvalue weighted by Gasteiger charge is -2.35. The van der Waals surface area contributed by atoms with E-state index in [-0.39, 0.29) is 24.8 Å². The van der Waals surface area contributed by atoms with E-state index in [0.717, 1.165) is 5.82 Å². The monoisotopic (exact) mass is 399 g/mol. The summed E-state index contributed by atoms with van der Waals surface area (Å²) in [5.41, 5.74) is 0.356. The number of piperazine rings is 1. The molecule has 1 N–H and O–H groups in total. The lowest BCUT2D eigenvalue weighted by atomic mass is 10.3. The van der Waals surface area contributed by atoms with Crippen molar-refractivity contribution in [1.29, 1.82) is 0 Å². The summed E-state index contributed by atoms with van der Waals surface area (Å²) >= 11 is 0. The molecule has 1 aliphatic rings. The van der Waals surface area contributed by atoms with E-state index in [2.05, 4.69) is 15.2 Å². The van der Waals surface area contributed by atoms with E-state index in [1.165, 1.54) is 24.3 Å². The van der Waals surface area contributed by atoms with Gasteiger partial charge in [-0.25, -0.2) is 4.98 Å². The Balaban J connectivity index is 1.36. The first kappa shape index (κ1) is 20.2. The molecule has 1 aromatic heterocycles. The van der Waals surface area contributed by atoms with Gasteiger partial charge in [-0.1, -0.05) is 6.07 Å². The quantitative estimate of drug-likeness (QED) is 0.551. The van der Waals surface area contributed by atoms with Crippen molar-refractivity contribution < 1.29 is 19.2 Å². The Morgan fingerprint density at radius 3 is 2.41 bits per heavy atom. The third kappa shape index (κ3) is 5.72. The minimum absolute atomic E-state index is 0.0620. The summed E-state index contributed by atoms with van der Waals surface area (Å²) in [6.07, 6.45) is 1.74. The molecule has 10 nitrogen and oxygen atoms in total. The summed E-state index contributed by atoms with van der Waals surface area (Å²) in [6.45, 7) is 2.03. The zero-order valence-electron chi connectivity index (χ0n) is 15.7. The van der Waals surface area contributed by atoms with Gasteiger partial charge >= 0.3 is 0 Å². The van der Waals surface area contributed by atoms with Gasteiger partial charge in [0.25, 0.3) is 5.69 Å². The number of nitro groups is 1. The van der Waals surface area contributed by atoms with Gasteiger partial charge in [0.05, 0.1) is 4.92 Å². The number of carbonyl (C=O) groups excluding carboxylic acids is 2. The molecule has 0 saturated carbocycles. The van der Waals surface area contributed by atoms with Gasteiger partial charge in [0.2, 0.25) is 11.8 Å². The standard InChI is InChI=1S/C19H21N5O5/c25-18(21-15-4-6-16(7-5-15)24(27)28)13-29-14-19(26)23-11-9-22(10-12-23)17-3-1-2-8-20-17/h1-8H,9-14H2,(H,21,25). The Labute approximate surface area is 167 Å². The molecule has 2 aromatic rings. The van der Waals surface area contributed by atoms with Crippen molar-refractivity contribution in [2.75, 3.05) is 49.6 Å². The number of benzene rings is 1. The smallest absolute Gasteiger partial charge is 0.269 e. The summed E-state index contributed by atoms with van der Waals surface area (Å²) in [7, 11) is 0. The van der Waals surface area contributed by atoms with Crippen LogP contribution in [0.2, 0.25) is 0 Å². The lowest BCUT2D eigenvalue weighted by Crippen LogP contribution is -2.50. The maximum Gasteiger partial charge on any atom is 0.269 e. The van der Waals surface area contributed by atoms with Crippen LogP contribution in [0.4, 0.5) is 17.2 Å². The molecule has 1 aromatic carbocycles. The molecule has 0 aliphatic carbocycles. The van der Waals surface area contributed by atoms with Gasteiger partial charge in [0.1, 0.15) is 19.0 Å². The number of amides is 2. The van der Waals surface area contributed by atoms with Crippen LogP contribution in [0, 0.1) is 10.1 Å². The molecule has 0 radical (unpaired) electrons. The number of non-ortho nitro benzene ring substituents is 1. The van der Waals surface area contributed by atoms with E-state index >= 15 is 0 Å². The van der Waals surface area contributed by atoms with Crippen LogP contribution < -0.4 is 10.2 Å². The largest absolute Gasteiger partial charge is 0.362 e. The average molecular weight is 399 g/mol. The molecule has 2 amide bonds. The number of nitrogens with one attached hydrogen (secondary N) is 1. The maximum atomic E-state index is 12.3. The minimum atomic E-state index is -0.517. The Kier molecular flexibility index (Phi) is 6.69. The van der Waals surface area contributed by atoms with Crippen molar-refractivity contribution in [1.82, 2.24) is 9.88 Å². The van der Waals surface area contributed by atoms with Gasteiger partial charge in [-0.15, -0.1) is 0 Å². The van der Waals surface area contributed by atoms with Crippen molar-refractivity contribution in [2.24, 2.45) is 0 Å². The van der Waals surface area contributed by atoms with Crippen LogP contribution in [0.15, 0.2) is 48.7 Å². The summed E-state index contributed by atoms with van der Waals surface area (Å²) < 4.78 is 5.22. The normalized spacial score (nSPS) is 13.8. The SMILES string of the molecule is O=C(COCC(=O)N1CCN(c2ccccn2)CC1)Nc1ccc([N+](=O)[O-])cc1. The highest BCUT2D eigenvalue weighted by Crippen LogP contribution is 2.15. The highest BCUT2D eigenvalue weighted by atomic mass is 16.6. The number of carbonyl (C=O) groups is 2. The molecular weight excluding hydrogens is 378 g/mol. The third-order valence-corrected chi connectivity index (χ3v) is 4.43. The van der Waals surface area contributed by atoms with Crippen molar-refractivity contribution in [3.05, 3.63) is 58.8 Å². The second kappa shape index (κ2) is 9.60. The van der Waals surface area contributed by atoms with Crippen LogP contribution in [0.5, 0.6) is 0 Å². The van der Waals surface area contributed by atoms with Crippen molar-refractivity contribution >= 4 is 29.0 Å². The number of rotatable bonds is 7. The van der Waals surface area contributed by atoms with Gasteiger partial charge in [0.15, 0.2) is 0 Å². The fourth-order valence-corrected chi connectivity index (χ4v) is 2.91. The first-order valence-electron chi connectivity index (χ1n) is 9.09. The highest BCUT2D eigenvalue weighted by molar-refractivity contribution is 5.92. The molecule has 1 saturated heterocycles. The zero-order valence-corrected chi connectivity index (χ0v) is 15.7. The van der Waals surface area contributed by atoms with Crippen molar-refractivity contribution in [2.45, 2.75) is 0 Å². The topological polar surface area (TPSA) is 118 Å². The molecule has 1 fully saturated rings. The first-order chi connectivity index (χ1) is 14.0. The molecule has 29 heavy (non-hydrogen) atoms. The van der Waals surface area contributed by atoms with Crippen molar-refractivity contribution in [3.8, 4) is 0 Å². The number of hydrogen-bond donors (Lipinski definition) is 1. The fraction of sp³-hybridized carbons (Fsp3) is 0.316. The first-order valence-corrected chi connectivity index (χ1v) is 9.09. The Morgan fingerprint density at radius 2 is 1.79 bits per heavy atom.